The molecule has 0 aliphatic carbocycles. The lowest BCUT2D eigenvalue weighted by Crippen LogP contribution is -2.40. The number of hydrogen-bond donors (Lipinski definition) is 1. The van der Waals surface area contributed by atoms with Crippen LogP contribution in [0.1, 0.15) is 18.5 Å². The van der Waals surface area contributed by atoms with Crippen LogP contribution in [0.4, 0.5) is 0 Å². The summed E-state index contributed by atoms with van der Waals surface area (Å²) >= 11 is 0. The largest absolute Gasteiger partial charge is 0.269 e. The van der Waals surface area contributed by atoms with Gasteiger partial charge in [-0.15, -0.1) is 0 Å². The van der Waals surface area contributed by atoms with Crippen LogP contribution in [0.5, 0.6) is 0 Å². The minimum Gasteiger partial charge on any atom is -0.237 e. The molecule has 1 fully saturated rings. The number of aryl methyl sites for hydroxylation is 1. The third-order valence-electron chi connectivity index (χ3n) is 6.47. The van der Waals surface area contributed by atoms with Crippen LogP contribution in [-0.4, -0.2) is 51.8 Å². The highest BCUT2D eigenvalue weighted by Gasteiger charge is 2.28. The molecule has 0 saturated carbocycles. The summed E-state index contributed by atoms with van der Waals surface area (Å²) in [7, 11) is -10.8. The second-order valence-corrected chi connectivity index (χ2v) is 14.8. The maximum Gasteiger partial charge on any atom is 0.269 e. The first-order valence-corrected chi connectivity index (χ1v) is 16.3. The lowest BCUT2D eigenvalue weighted by atomic mass is 10.0. The van der Waals surface area contributed by atoms with Crippen LogP contribution < -0.4 is 4.72 Å². The Morgan fingerprint density at radius 2 is 1.54 bits per heavy atom. The van der Waals surface area contributed by atoms with Gasteiger partial charge in [-0.25, -0.2) is 38.9 Å². The van der Waals surface area contributed by atoms with E-state index in [-0.39, 0.29) is 39.8 Å². The molecule has 1 aliphatic heterocycles. The van der Waals surface area contributed by atoms with Crippen molar-refractivity contribution in [3.63, 3.8) is 0 Å². The van der Waals surface area contributed by atoms with E-state index in [2.05, 4.69) is 9.71 Å². The third-order valence-corrected chi connectivity index (χ3v) is 11.5. The average molecular weight is 560 g/mol. The van der Waals surface area contributed by atoms with E-state index in [4.69, 9.17) is 0 Å². The van der Waals surface area contributed by atoms with Crippen molar-refractivity contribution in [3.8, 4) is 11.1 Å². The lowest BCUT2D eigenvalue weighted by molar-refractivity contribution is 0.505. The van der Waals surface area contributed by atoms with Crippen molar-refractivity contribution in [1.82, 2.24) is 13.7 Å². The summed E-state index contributed by atoms with van der Waals surface area (Å²) in [5, 5.41) is 0.622. The molecule has 37 heavy (non-hydrogen) atoms. The van der Waals surface area contributed by atoms with Crippen molar-refractivity contribution >= 4 is 40.9 Å². The van der Waals surface area contributed by atoms with Gasteiger partial charge in [0.05, 0.1) is 21.3 Å². The van der Waals surface area contributed by atoms with Crippen LogP contribution in [0.2, 0.25) is 0 Å². The van der Waals surface area contributed by atoms with Crippen LogP contribution in [0.25, 0.3) is 22.2 Å². The van der Waals surface area contributed by atoms with Crippen molar-refractivity contribution in [2.75, 3.05) is 11.5 Å². The maximum atomic E-state index is 13.3. The van der Waals surface area contributed by atoms with E-state index < -0.39 is 35.9 Å². The Labute approximate surface area is 216 Å². The van der Waals surface area contributed by atoms with Gasteiger partial charge in [0.15, 0.2) is 5.65 Å². The smallest absolute Gasteiger partial charge is 0.237 e. The van der Waals surface area contributed by atoms with E-state index in [1.54, 1.807) is 49.4 Å². The summed E-state index contributed by atoms with van der Waals surface area (Å²) in [6.45, 7) is 1.70. The molecule has 0 atom stereocenters. The van der Waals surface area contributed by atoms with Gasteiger partial charge in [-0.2, -0.15) is 0 Å². The molecule has 1 saturated heterocycles. The highest BCUT2D eigenvalue weighted by Crippen LogP contribution is 2.32. The van der Waals surface area contributed by atoms with Gasteiger partial charge < -0.3 is 0 Å². The molecule has 0 radical (unpaired) electrons. The summed E-state index contributed by atoms with van der Waals surface area (Å²) in [5.74, 6) is -0.0631. The number of fused-ring (bicyclic) bond motifs is 1. The predicted molar refractivity (Wildman–Crippen MR) is 141 cm³/mol. The monoisotopic (exact) mass is 559 g/mol. The Morgan fingerprint density at radius 1 is 0.892 bits per heavy atom. The normalized spacial score (nSPS) is 16.7. The first-order chi connectivity index (χ1) is 17.5. The van der Waals surface area contributed by atoms with E-state index in [9.17, 15) is 25.3 Å². The second kappa shape index (κ2) is 9.35. The van der Waals surface area contributed by atoms with Crippen LogP contribution in [0, 0.1) is 6.92 Å². The minimum atomic E-state index is -3.87. The topological polar surface area (TPSA) is 132 Å². The molecule has 1 N–H and O–H groups in total. The fraction of sp³-hybridized carbons (Fsp3) is 0.240. The second-order valence-electron chi connectivity index (χ2n) is 9.04. The Hall–Kier alpha value is -3.06. The van der Waals surface area contributed by atoms with Crippen molar-refractivity contribution < 1.29 is 25.3 Å². The molecule has 2 aromatic heterocycles. The fourth-order valence-corrected chi connectivity index (χ4v) is 8.88. The van der Waals surface area contributed by atoms with Gasteiger partial charge >= 0.3 is 0 Å². The highest BCUT2D eigenvalue weighted by molar-refractivity contribution is 7.91. The molecule has 194 valence electrons. The highest BCUT2D eigenvalue weighted by atomic mass is 32.2. The first-order valence-electron chi connectivity index (χ1n) is 11.6. The molecule has 5 rings (SSSR count). The Morgan fingerprint density at radius 3 is 2.19 bits per heavy atom. The molecule has 0 bridgehead atoms. The number of pyridine rings is 1. The number of aromatic nitrogens is 2. The van der Waals surface area contributed by atoms with Gasteiger partial charge in [0.1, 0.15) is 9.84 Å². The van der Waals surface area contributed by atoms with Crippen LogP contribution >= 0.6 is 0 Å². The fourth-order valence-electron chi connectivity index (χ4n) is 4.56. The number of benzene rings is 2. The van der Waals surface area contributed by atoms with Gasteiger partial charge in [0, 0.05) is 23.3 Å². The van der Waals surface area contributed by atoms with Gasteiger partial charge in [0.2, 0.25) is 10.0 Å². The van der Waals surface area contributed by atoms with Crippen molar-refractivity contribution in [3.05, 3.63) is 78.6 Å². The SMILES string of the molecule is Cc1cc2c(-c3ccc(S(=O)(=O)NC4CCS(=O)(=O)CC4)cc3)ccnc2n1S(=O)(=O)c1ccccc1. The van der Waals surface area contributed by atoms with Crippen molar-refractivity contribution in [2.45, 2.75) is 35.6 Å². The summed E-state index contributed by atoms with van der Waals surface area (Å²) in [5.41, 5.74) is 2.19. The number of sulfonamides is 1. The van der Waals surface area contributed by atoms with Gasteiger partial charge in [0.25, 0.3) is 10.0 Å². The Kier molecular flexibility index (Phi) is 6.47. The van der Waals surface area contributed by atoms with Crippen molar-refractivity contribution in [2.24, 2.45) is 0 Å². The van der Waals surface area contributed by atoms with Gasteiger partial charge in [-0.1, -0.05) is 30.3 Å². The van der Waals surface area contributed by atoms with E-state index in [1.165, 1.54) is 34.4 Å². The third kappa shape index (κ3) is 4.93. The van der Waals surface area contributed by atoms with E-state index in [0.717, 1.165) is 0 Å². The number of rotatable bonds is 6. The molecule has 0 unspecified atom stereocenters. The molecule has 0 spiro atoms. The lowest BCUT2D eigenvalue weighted by Gasteiger charge is -2.22. The van der Waals surface area contributed by atoms with Gasteiger partial charge in [-0.3, -0.25) is 0 Å². The Bertz CT molecular complexity index is 1780. The zero-order chi connectivity index (χ0) is 26.4. The molecular formula is C25H25N3O6S3. The summed E-state index contributed by atoms with van der Waals surface area (Å²) in [6.07, 6.45) is 2.02. The zero-order valence-electron chi connectivity index (χ0n) is 19.9. The average Bonchev–Trinajstić information content (AvgIpc) is 3.22. The molecule has 1 aliphatic rings. The quantitative estimate of drug-likeness (QED) is 0.384. The molecule has 4 aromatic rings. The zero-order valence-corrected chi connectivity index (χ0v) is 22.4. The number of sulfone groups is 1. The maximum absolute atomic E-state index is 13.3. The standard InChI is InChI=1S/C25H25N3O6S3/c1-18-17-24-23(11-14-26-25(24)28(18)37(33,34)22-5-3-2-4-6-22)19-7-9-21(10-8-19)36(31,32)27-20-12-15-35(29,30)16-13-20/h2-11,14,17,20,27H,12-13,15-16H2,1H3. The van der Waals surface area contributed by atoms with Crippen LogP contribution in [0.3, 0.4) is 0 Å². The first kappa shape index (κ1) is 25.6. The van der Waals surface area contributed by atoms with E-state index in [1.807, 2.05) is 0 Å². The summed E-state index contributed by atoms with van der Waals surface area (Å²) in [6, 6.07) is 17.5. The van der Waals surface area contributed by atoms with E-state index in [0.29, 0.717) is 22.2 Å². The molecule has 9 nitrogen and oxygen atoms in total. The summed E-state index contributed by atoms with van der Waals surface area (Å²) in [4.78, 5) is 4.57. The minimum absolute atomic E-state index is 0.0315. The number of nitrogens with one attached hydrogen (secondary N) is 1. The predicted octanol–water partition coefficient (Wildman–Crippen LogP) is 3.10. The molecule has 0 amide bonds. The number of hydrogen-bond acceptors (Lipinski definition) is 7. The van der Waals surface area contributed by atoms with E-state index >= 15 is 0 Å². The molecular weight excluding hydrogens is 534 g/mol. The molecule has 3 heterocycles. The van der Waals surface area contributed by atoms with Gasteiger partial charge in [-0.05, 0) is 67.3 Å². The molecule has 2 aromatic carbocycles. The Balaban J connectivity index is 1.47. The molecule has 12 heteroatoms. The summed E-state index contributed by atoms with van der Waals surface area (Å²) < 4.78 is 79.5. The van der Waals surface area contributed by atoms with Crippen LogP contribution in [0.15, 0.2) is 82.7 Å². The van der Waals surface area contributed by atoms with Crippen LogP contribution in [-0.2, 0) is 29.9 Å². The number of nitrogens with zero attached hydrogens (tertiary/aromatic N) is 2. The van der Waals surface area contributed by atoms with Crippen molar-refractivity contribution in [1.29, 1.82) is 0 Å².